The first-order valence-electron chi connectivity index (χ1n) is 5.19. The van der Waals surface area contributed by atoms with E-state index >= 15 is 0 Å². The Kier molecular flexibility index (Phi) is 6.04. The lowest BCUT2D eigenvalue weighted by Gasteiger charge is -2.14. The third-order valence-electron chi connectivity index (χ3n) is 2.51. The fraction of sp³-hybridized carbons (Fsp3) is 0.889. The molecule has 0 aromatic heterocycles. The molecule has 1 aliphatic rings. The van der Waals surface area contributed by atoms with Crippen molar-refractivity contribution in [3.05, 3.63) is 0 Å². The molecule has 0 saturated carbocycles. The van der Waals surface area contributed by atoms with Crippen molar-refractivity contribution in [2.45, 2.75) is 35.4 Å². The largest absolute Gasteiger partial charge is 0.480 e. The van der Waals surface area contributed by atoms with E-state index in [0.717, 1.165) is 11.8 Å². The third kappa shape index (κ3) is 4.31. The van der Waals surface area contributed by atoms with Crippen LogP contribution in [0.3, 0.4) is 0 Å². The van der Waals surface area contributed by atoms with Crippen molar-refractivity contribution < 1.29 is 25.2 Å². The van der Waals surface area contributed by atoms with E-state index in [1.165, 1.54) is 11.8 Å². The molecule has 1 saturated heterocycles. The van der Waals surface area contributed by atoms with Gasteiger partial charge in [-0.25, -0.2) is 0 Å². The quantitative estimate of drug-likeness (QED) is 0.380. The summed E-state index contributed by atoms with van der Waals surface area (Å²) in [6, 6.07) is -0.861. The summed E-state index contributed by atoms with van der Waals surface area (Å²) in [5, 5.41) is 36.5. The van der Waals surface area contributed by atoms with Gasteiger partial charge < -0.3 is 26.2 Å². The van der Waals surface area contributed by atoms with Crippen molar-refractivity contribution in [2.24, 2.45) is 5.73 Å². The third-order valence-corrected chi connectivity index (χ3v) is 5.19. The number of hydrogen-bond donors (Lipinski definition) is 5. The normalized spacial score (nSPS) is 34.8. The van der Waals surface area contributed by atoms with E-state index in [9.17, 15) is 20.1 Å². The molecule has 0 amide bonds. The first-order valence-corrected chi connectivity index (χ1v) is 7.29. The molecule has 1 heterocycles. The van der Waals surface area contributed by atoms with Gasteiger partial charge in [0.25, 0.3) is 0 Å². The molecule has 1 fully saturated rings. The van der Waals surface area contributed by atoms with E-state index in [1.54, 1.807) is 0 Å². The number of aliphatic hydroxyl groups excluding tert-OH is 3. The molecule has 100 valence electrons. The van der Waals surface area contributed by atoms with E-state index in [1.807, 2.05) is 0 Å². The first kappa shape index (κ1) is 15.1. The van der Waals surface area contributed by atoms with Gasteiger partial charge in [-0.1, -0.05) is 0 Å². The molecule has 6 N–H and O–H groups in total. The standard InChI is InChI=1S/C9H17NO5S2/c10-4(8(13)14)1-2-16-3-5-6(11)7(12)9(15)17-5/h4-7,9,11-12,15H,1-3,10H2,(H,13,14)/t4-,5+,6+,7+,9?/m0/s1. The van der Waals surface area contributed by atoms with E-state index in [2.05, 4.69) is 0 Å². The van der Waals surface area contributed by atoms with E-state index in [-0.39, 0.29) is 5.25 Å². The van der Waals surface area contributed by atoms with Crippen molar-refractivity contribution >= 4 is 29.5 Å². The Morgan fingerprint density at radius 3 is 2.47 bits per heavy atom. The number of nitrogens with two attached hydrogens (primary N) is 1. The zero-order valence-corrected chi connectivity index (χ0v) is 10.7. The number of aliphatic hydroxyl groups is 3. The SMILES string of the molecule is N[C@@H](CCSC[C@H]1SC(O)[C@H](O)[C@@H]1O)C(=O)O. The van der Waals surface area contributed by atoms with Crippen molar-refractivity contribution in [2.75, 3.05) is 11.5 Å². The highest BCUT2D eigenvalue weighted by atomic mass is 32.2. The summed E-state index contributed by atoms with van der Waals surface area (Å²) in [5.74, 6) is 0.0992. The van der Waals surface area contributed by atoms with Gasteiger partial charge >= 0.3 is 5.97 Å². The predicted molar refractivity (Wildman–Crippen MR) is 67.0 cm³/mol. The topological polar surface area (TPSA) is 124 Å². The monoisotopic (exact) mass is 283 g/mol. The lowest BCUT2D eigenvalue weighted by atomic mass is 10.2. The number of carbonyl (C=O) groups is 1. The van der Waals surface area contributed by atoms with Gasteiger partial charge in [0, 0.05) is 11.0 Å². The highest BCUT2D eigenvalue weighted by Gasteiger charge is 2.40. The van der Waals surface area contributed by atoms with Crippen LogP contribution in [0.5, 0.6) is 0 Å². The van der Waals surface area contributed by atoms with Crippen LogP contribution in [-0.2, 0) is 4.79 Å². The van der Waals surface area contributed by atoms with Crippen LogP contribution < -0.4 is 5.73 Å². The van der Waals surface area contributed by atoms with Crippen LogP contribution in [0.25, 0.3) is 0 Å². The second-order valence-electron chi connectivity index (χ2n) is 3.85. The molecular formula is C9H17NO5S2. The van der Waals surface area contributed by atoms with Crippen molar-refractivity contribution in [1.29, 1.82) is 0 Å². The summed E-state index contributed by atoms with van der Waals surface area (Å²) in [5.41, 5.74) is 4.39. The molecular weight excluding hydrogens is 266 g/mol. The smallest absolute Gasteiger partial charge is 0.320 e. The molecule has 0 aromatic rings. The number of rotatable bonds is 6. The van der Waals surface area contributed by atoms with Crippen molar-refractivity contribution in [3.63, 3.8) is 0 Å². The van der Waals surface area contributed by atoms with Gasteiger partial charge in [0.2, 0.25) is 0 Å². The Balaban J connectivity index is 2.17. The summed E-state index contributed by atoms with van der Waals surface area (Å²) in [6.07, 6.45) is -1.68. The first-order chi connectivity index (χ1) is 7.93. The second kappa shape index (κ2) is 6.81. The molecule has 0 aromatic carbocycles. The van der Waals surface area contributed by atoms with Gasteiger partial charge in [-0.15, -0.1) is 11.8 Å². The average molecular weight is 283 g/mol. The average Bonchev–Trinajstić information content (AvgIpc) is 2.52. The maximum absolute atomic E-state index is 10.4. The van der Waals surface area contributed by atoms with Gasteiger partial charge in [-0.3, -0.25) is 4.79 Å². The maximum Gasteiger partial charge on any atom is 0.320 e. The lowest BCUT2D eigenvalue weighted by Crippen LogP contribution is -2.33. The number of thioether (sulfide) groups is 2. The van der Waals surface area contributed by atoms with Crippen molar-refractivity contribution in [3.8, 4) is 0 Å². The van der Waals surface area contributed by atoms with E-state index < -0.39 is 29.7 Å². The van der Waals surface area contributed by atoms with Gasteiger partial charge in [-0.2, -0.15) is 11.8 Å². The summed E-state index contributed by atoms with van der Waals surface area (Å²) >= 11 is 2.59. The lowest BCUT2D eigenvalue weighted by molar-refractivity contribution is -0.138. The Morgan fingerprint density at radius 2 is 2.00 bits per heavy atom. The molecule has 0 spiro atoms. The van der Waals surface area contributed by atoms with E-state index in [4.69, 9.17) is 10.8 Å². The van der Waals surface area contributed by atoms with Crippen LogP contribution in [-0.4, -0.2) is 66.8 Å². The Morgan fingerprint density at radius 1 is 1.35 bits per heavy atom. The molecule has 1 rings (SSSR count). The number of carboxylic acid groups (broad SMARTS) is 1. The Hall–Kier alpha value is 0.01000. The predicted octanol–water partition coefficient (Wildman–Crippen LogP) is -1.32. The minimum absolute atomic E-state index is 0.231. The number of hydrogen-bond acceptors (Lipinski definition) is 7. The summed E-state index contributed by atoms with van der Waals surface area (Å²) < 4.78 is 0. The van der Waals surface area contributed by atoms with Crippen LogP contribution in [0.2, 0.25) is 0 Å². The second-order valence-corrected chi connectivity index (χ2v) is 6.37. The molecule has 17 heavy (non-hydrogen) atoms. The molecule has 6 nitrogen and oxygen atoms in total. The number of aliphatic carboxylic acids is 1. The molecule has 1 unspecified atom stereocenters. The zero-order chi connectivity index (χ0) is 13.0. The molecule has 1 aliphatic heterocycles. The van der Waals surface area contributed by atoms with Crippen LogP contribution in [0.15, 0.2) is 0 Å². The highest BCUT2D eigenvalue weighted by Crippen LogP contribution is 2.34. The van der Waals surface area contributed by atoms with Gasteiger partial charge in [0.05, 0.1) is 6.10 Å². The number of carboxylic acids is 1. The molecule has 5 atom stereocenters. The fourth-order valence-electron chi connectivity index (χ4n) is 1.40. The Bertz CT molecular complexity index is 268. The highest BCUT2D eigenvalue weighted by molar-refractivity contribution is 8.03. The summed E-state index contributed by atoms with van der Waals surface area (Å²) in [7, 11) is 0. The fourth-order valence-corrected chi connectivity index (χ4v) is 4.02. The minimum Gasteiger partial charge on any atom is -0.480 e. The maximum atomic E-state index is 10.4. The van der Waals surface area contributed by atoms with Crippen LogP contribution >= 0.6 is 23.5 Å². The van der Waals surface area contributed by atoms with Gasteiger partial charge in [-0.05, 0) is 12.2 Å². The van der Waals surface area contributed by atoms with Gasteiger partial charge in [0.15, 0.2) is 0 Å². The molecule has 0 aliphatic carbocycles. The van der Waals surface area contributed by atoms with Crippen molar-refractivity contribution in [1.82, 2.24) is 0 Å². The zero-order valence-electron chi connectivity index (χ0n) is 9.10. The Labute approximate surface area is 108 Å². The molecule has 0 radical (unpaired) electrons. The summed E-state index contributed by atoms with van der Waals surface area (Å²) in [4.78, 5) is 10.4. The summed E-state index contributed by atoms with van der Waals surface area (Å²) in [6.45, 7) is 0. The van der Waals surface area contributed by atoms with Crippen LogP contribution in [0.4, 0.5) is 0 Å². The molecule has 8 heteroatoms. The van der Waals surface area contributed by atoms with Crippen LogP contribution in [0, 0.1) is 0 Å². The van der Waals surface area contributed by atoms with Crippen LogP contribution in [0.1, 0.15) is 6.42 Å². The minimum atomic E-state index is -1.10. The van der Waals surface area contributed by atoms with Gasteiger partial charge in [0.1, 0.15) is 17.6 Å². The van der Waals surface area contributed by atoms with E-state index in [0.29, 0.717) is 17.9 Å². The molecule has 0 bridgehead atoms.